The van der Waals surface area contributed by atoms with Crippen LogP contribution in [-0.2, 0) is 22.7 Å². The van der Waals surface area contributed by atoms with E-state index in [4.69, 9.17) is 22.0 Å². The van der Waals surface area contributed by atoms with Gasteiger partial charge in [0.1, 0.15) is 11.5 Å². The quantitative estimate of drug-likeness (QED) is 0.448. The number of nitrogens with two attached hydrogens (primary N) is 1. The third-order valence-corrected chi connectivity index (χ3v) is 5.60. The topological polar surface area (TPSA) is 111 Å². The van der Waals surface area contributed by atoms with Gasteiger partial charge in [0.2, 0.25) is 0 Å². The number of aromatic nitrogens is 2. The molecule has 7 nitrogen and oxygen atoms in total. The van der Waals surface area contributed by atoms with E-state index in [1.807, 2.05) is 0 Å². The lowest BCUT2D eigenvalue weighted by molar-refractivity contribution is 0.302. The zero-order chi connectivity index (χ0) is 21.0. The molecule has 0 atom stereocenters. The van der Waals surface area contributed by atoms with Crippen LogP contribution in [0.5, 0.6) is 0 Å². The summed E-state index contributed by atoms with van der Waals surface area (Å²) < 4.78 is 41.1. The molecular weight excluding hydrogens is 419 g/mol. The van der Waals surface area contributed by atoms with E-state index in [0.717, 1.165) is 12.0 Å². The zero-order valence-electron chi connectivity index (χ0n) is 15.5. The van der Waals surface area contributed by atoms with E-state index in [-0.39, 0.29) is 15.8 Å². The SMILES string of the molecule is CS(=O)(=O)c1ccc(CCCc2nonc2C(N)=Nc2ccc(F)c(Cl)c2)cc1. The van der Waals surface area contributed by atoms with Crippen molar-refractivity contribution in [1.82, 2.24) is 10.3 Å². The molecule has 10 heteroatoms. The first-order valence-corrected chi connectivity index (χ1v) is 10.9. The van der Waals surface area contributed by atoms with E-state index in [0.29, 0.717) is 29.9 Å². The standard InChI is InChI=1S/C19H18ClFN4O3S/c1-29(26,27)14-8-5-12(6-9-14)3-2-4-17-18(25-28-24-17)19(22)23-13-7-10-16(21)15(20)11-13/h5-11H,2-4H2,1H3,(H2,22,23). The van der Waals surface area contributed by atoms with Crippen molar-refractivity contribution in [2.24, 2.45) is 10.7 Å². The maximum absolute atomic E-state index is 13.3. The highest BCUT2D eigenvalue weighted by molar-refractivity contribution is 7.90. The molecular formula is C19H18ClFN4O3S. The Morgan fingerprint density at radius 3 is 2.55 bits per heavy atom. The van der Waals surface area contributed by atoms with Gasteiger partial charge < -0.3 is 5.73 Å². The fraction of sp³-hybridized carbons (Fsp3) is 0.211. The molecule has 3 rings (SSSR count). The van der Waals surface area contributed by atoms with Crippen LogP contribution in [0.25, 0.3) is 0 Å². The second-order valence-corrected chi connectivity index (χ2v) is 8.85. The lowest BCUT2D eigenvalue weighted by atomic mass is 10.1. The molecule has 2 aromatic carbocycles. The lowest BCUT2D eigenvalue weighted by Crippen LogP contribution is -2.15. The van der Waals surface area contributed by atoms with Crippen LogP contribution in [0.15, 0.2) is 57.0 Å². The van der Waals surface area contributed by atoms with E-state index in [1.165, 1.54) is 24.5 Å². The minimum Gasteiger partial charge on any atom is -0.382 e. The molecule has 0 aliphatic rings. The Balaban J connectivity index is 1.65. The van der Waals surface area contributed by atoms with Gasteiger partial charge in [-0.2, -0.15) is 0 Å². The monoisotopic (exact) mass is 436 g/mol. The summed E-state index contributed by atoms with van der Waals surface area (Å²) in [5.41, 5.74) is 8.24. The molecule has 0 fully saturated rings. The van der Waals surface area contributed by atoms with Gasteiger partial charge in [0, 0.05) is 6.26 Å². The van der Waals surface area contributed by atoms with Crippen molar-refractivity contribution in [3.8, 4) is 0 Å². The molecule has 1 aromatic heterocycles. The number of sulfone groups is 1. The Kier molecular flexibility index (Phi) is 6.29. The highest BCUT2D eigenvalue weighted by Gasteiger charge is 2.14. The largest absolute Gasteiger partial charge is 0.382 e. The molecule has 0 saturated carbocycles. The van der Waals surface area contributed by atoms with Crippen molar-refractivity contribution in [2.45, 2.75) is 24.2 Å². The summed E-state index contributed by atoms with van der Waals surface area (Å²) in [6.45, 7) is 0. The number of benzene rings is 2. The van der Waals surface area contributed by atoms with E-state index in [9.17, 15) is 12.8 Å². The fourth-order valence-electron chi connectivity index (χ4n) is 2.67. The molecule has 2 N–H and O–H groups in total. The Morgan fingerprint density at radius 2 is 1.90 bits per heavy atom. The van der Waals surface area contributed by atoms with Crippen LogP contribution >= 0.6 is 11.6 Å². The van der Waals surface area contributed by atoms with E-state index in [1.54, 1.807) is 24.3 Å². The number of halogens is 2. The smallest absolute Gasteiger partial charge is 0.175 e. The van der Waals surface area contributed by atoms with Crippen molar-refractivity contribution in [1.29, 1.82) is 0 Å². The van der Waals surface area contributed by atoms with Crippen LogP contribution < -0.4 is 5.73 Å². The van der Waals surface area contributed by atoms with Gasteiger partial charge in [0.15, 0.2) is 21.4 Å². The van der Waals surface area contributed by atoms with Gasteiger partial charge in [-0.15, -0.1) is 0 Å². The number of aryl methyl sites for hydroxylation is 2. The minimum atomic E-state index is -3.21. The molecule has 0 aliphatic carbocycles. The van der Waals surface area contributed by atoms with Crippen molar-refractivity contribution in [2.75, 3.05) is 6.26 Å². The Morgan fingerprint density at radius 1 is 1.17 bits per heavy atom. The van der Waals surface area contributed by atoms with Crippen LogP contribution in [0.3, 0.4) is 0 Å². The molecule has 0 aliphatic heterocycles. The summed E-state index contributed by atoms with van der Waals surface area (Å²) in [4.78, 5) is 4.47. The molecule has 0 radical (unpaired) electrons. The van der Waals surface area contributed by atoms with Crippen LogP contribution in [0.1, 0.15) is 23.4 Å². The van der Waals surface area contributed by atoms with Gasteiger partial charge in [-0.05, 0) is 60.3 Å². The second-order valence-electron chi connectivity index (χ2n) is 6.42. The number of hydrogen-bond acceptors (Lipinski definition) is 6. The molecule has 3 aromatic rings. The predicted molar refractivity (Wildman–Crippen MR) is 108 cm³/mol. The number of amidine groups is 1. The first-order valence-electron chi connectivity index (χ1n) is 8.64. The number of hydrogen-bond donors (Lipinski definition) is 1. The summed E-state index contributed by atoms with van der Waals surface area (Å²) in [5, 5.41) is 7.62. The first-order chi connectivity index (χ1) is 13.7. The molecule has 0 unspecified atom stereocenters. The third-order valence-electron chi connectivity index (χ3n) is 4.18. The van der Waals surface area contributed by atoms with Crippen LogP contribution in [0, 0.1) is 5.82 Å². The van der Waals surface area contributed by atoms with Gasteiger partial charge in [-0.25, -0.2) is 22.4 Å². The van der Waals surface area contributed by atoms with Gasteiger partial charge in [-0.1, -0.05) is 28.9 Å². The van der Waals surface area contributed by atoms with E-state index in [2.05, 4.69) is 15.3 Å². The normalized spacial score (nSPS) is 12.3. The van der Waals surface area contributed by atoms with E-state index < -0.39 is 15.7 Å². The van der Waals surface area contributed by atoms with E-state index >= 15 is 0 Å². The van der Waals surface area contributed by atoms with Gasteiger partial charge >= 0.3 is 0 Å². The van der Waals surface area contributed by atoms with Gasteiger partial charge in [0.05, 0.1) is 15.6 Å². The predicted octanol–water partition coefficient (Wildman–Crippen LogP) is 3.48. The highest BCUT2D eigenvalue weighted by Crippen LogP contribution is 2.22. The lowest BCUT2D eigenvalue weighted by Gasteiger charge is -2.03. The maximum Gasteiger partial charge on any atom is 0.175 e. The Bertz CT molecular complexity index is 1140. The van der Waals surface area contributed by atoms with Crippen LogP contribution in [0.4, 0.5) is 10.1 Å². The molecule has 0 saturated heterocycles. The minimum absolute atomic E-state index is 0.0561. The Hall–Kier alpha value is -2.78. The average molecular weight is 437 g/mol. The summed E-state index contributed by atoms with van der Waals surface area (Å²) in [7, 11) is -3.21. The molecule has 0 amide bonds. The number of nitrogens with zero attached hydrogens (tertiary/aromatic N) is 3. The van der Waals surface area contributed by atoms with Crippen molar-refractivity contribution < 1.29 is 17.4 Å². The molecule has 0 bridgehead atoms. The molecule has 29 heavy (non-hydrogen) atoms. The summed E-state index contributed by atoms with van der Waals surface area (Å²) in [5.74, 6) is -0.459. The van der Waals surface area contributed by atoms with Crippen molar-refractivity contribution >= 4 is 33.0 Å². The summed E-state index contributed by atoms with van der Waals surface area (Å²) in [6, 6.07) is 10.8. The van der Waals surface area contributed by atoms with Gasteiger partial charge in [-0.3, -0.25) is 0 Å². The number of rotatable bonds is 7. The van der Waals surface area contributed by atoms with Gasteiger partial charge in [0.25, 0.3) is 0 Å². The molecule has 152 valence electrons. The molecule has 0 spiro atoms. The van der Waals surface area contributed by atoms with Crippen molar-refractivity contribution in [3.05, 3.63) is 70.3 Å². The second kappa shape index (κ2) is 8.71. The average Bonchev–Trinajstić information content (AvgIpc) is 3.13. The summed E-state index contributed by atoms with van der Waals surface area (Å²) in [6.07, 6.45) is 3.13. The highest BCUT2D eigenvalue weighted by atomic mass is 35.5. The molecule has 1 heterocycles. The first kappa shape index (κ1) is 20.9. The van der Waals surface area contributed by atoms with Crippen LogP contribution in [0.2, 0.25) is 5.02 Å². The maximum atomic E-state index is 13.3. The summed E-state index contributed by atoms with van der Waals surface area (Å²) >= 11 is 5.75. The Labute approximate surface area is 172 Å². The third kappa shape index (κ3) is 5.39. The van der Waals surface area contributed by atoms with Crippen LogP contribution in [-0.4, -0.2) is 30.8 Å². The van der Waals surface area contributed by atoms with Crippen molar-refractivity contribution in [3.63, 3.8) is 0 Å². The fourth-order valence-corrected chi connectivity index (χ4v) is 3.48. The zero-order valence-corrected chi connectivity index (χ0v) is 17.0. The number of aliphatic imine (C=N–C) groups is 1.